The number of benzene rings is 1. The lowest BCUT2D eigenvalue weighted by molar-refractivity contribution is 0.0926. The Balaban J connectivity index is 1.76. The van der Waals surface area contributed by atoms with Crippen LogP contribution in [0.15, 0.2) is 52.1 Å². The fourth-order valence-electron chi connectivity index (χ4n) is 2.21. The number of amides is 1. The number of nitrogens with one attached hydrogen (secondary N) is 2. The van der Waals surface area contributed by atoms with Crippen LogP contribution in [-0.2, 0) is 6.54 Å². The van der Waals surface area contributed by atoms with E-state index in [1.54, 1.807) is 25.2 Å². The molecule has 0 atom stereocenters. The van der Waals surface area contributed by atoms with Gasteiger partial charge in [0.1, 0.15) is 5.82 Å². The summed E-state index contributed by atoms with van der Waals surface area (Å²) in [7, 11) is 3.54. The zero-order valence-electron chi connectivity index (χ0n) is 13.8. The number of nitrogens with zero attached hydrogens (tertiary/aromatic N) is 2. The monoisotopic (exact) mass is 332 g/mol. The second kappa shape index (κ2) is 8.71. The second-order valence-corrected chi connectivity index (χ2v) is 5.19. The predicted octanol–water partition coefficient (Wildman–Crippen LogP) is 1.86. The normalized spacial score (nSPS) is 11.2. The molecule has 0 radical (unpaired) electrons. The Hall–Kier alpha value is -2.83. The van der Waals surface area contributed by atoms with E-state index in [0.717, 1.165) is 5.56 Å². The fourth-order valence-corrected chi connectivity index (χ4v) is 2.21. The van der Waals surface area contributed by atoms with Gasteiger partial charge in [0, 0.05) is 33.7 Å². The van der Waals surface area contributed by atoms with Gasteiger partial charge in [0.25, 0.3) is 5.91 Å². The summed E-state index contributed by atoms with van der Waals surface area (Å²) >= 11 is 0. The van der Waals surface area contributed by atoms with Crippen LogP contribution < -0.4 is 10.6 Å². The molecular formula is C17H21FN4O2. The topological polar surface area (TPSA) is 69.9 Å². The zero-order chi connectivity index (χ0) is 17.4. The summed E-state index contributed by atoms with van der Waals surface area (Å²) in [6, 6.07) is 9.71. The lowest BCUT2D eigenvalue weighted by Crippen LogP contribution is -2.42. The number of guanidine groups is 1. The number of furan rings is 1. The molecule has 0 unspecified atom stereocenters. The summed E-state index contributed by atoms with van der Waals surface area (Å²) in [6.07, 6.45) is 1.45. The van der Waals surface area contributed by atoms with Gasteiger partial charge in [0.2, 0.25) is 0 Å². The third-order valence-corrected chi connectivity index (χ3v) is 3.32. The Kier molecular flexibility index (Phi) is 6.36. The van der Waals surface area contributed by atoms with Crippen molar-refractivity contribution < 1.29 is 13.6 Å². The van der Waals surface area contributed by atoms with Crippen LogP contribution in [-0.4, -0.2) is 44.0 Å². The minimum atomic E-state index is -0.260. The van der Waals surface area contributed by atoms with Crippen LogP contribution in [0.3, 0.4) is 0 Å². The molecule has 0 aliphatic carbocycles. The van der Waals surface area contributed by atoms with Crippen molar-refractivity contribution >= 4 is 11.9 Å². The molecule has 2 rings (SSSR count). The van der Waals surface area contributed by atoms with E-state index in [0.29, 0.717) is 25.6 Å². The highest BCUT2D eigenvalue weighted by Crippen LogP contribution is 2.06. The maximum absolute atomic E-state index is 13.2. The molecule has 0 bridgehead atoms. The standard InChI is InChI=1S/C17H21FN4O2/c1-19-17(22(2)12-13-5-3-6-14(18)11-13)21-9-8-20-16(23)15-7-4-10-24-15/h3-7,10-11H,8-9,12H2,1-2H3,(H,19,21)(H,20,23). The Morgan fingerprint density at radius 3 is 2.71 bits per heavy atom. The average molecular weight is 332 g/mol. The van der Waals surface area contributed by atoms with Crippen LogP contribution in [0.4, 0.5) is 4.39 Å². The fraction of sp³-hybridized carbons (Fsp3) is 0.294. The molecule has 7 heteroatoms. The van der Waals surface area contributed by atoms with E-state index >= 15 is 0 Å². The molecule has 6 nitrogen and oxygen atoms in total. The molecule has 0 aliphatic heterocycles. The first kappa shape index (κ1) is 17.5. The van der Waals surface area contributed by atoms with Crippen molar-refractivity contribution in [3.63, 3.8) is 0 Å². The van der Waals surface area contributed by atoms with Crippen molar-refractivity contribution in [1.29, 1.82) is 0 Å². The molecule has 1 aromatic carbocycles. The molecule has 0 fully saturated rings. The Labute approximate surface area is 140 Å². The lowest BCUT2D eigenvalue weighted by Gasteiger charge is -2.22. The minimum Gasteiger partial charge on any atom is -0.459 e. The van der Waals surface area contributed by atoms with Gasteiger partial charge in [-0.3, -0.25) is 9.79 Å². The highest BCUT2D eigenvalue weighted by atomic mass is 19.1. The molecule has 128 valence electrons. The first-order valence-corrected chi connectivity index (χ1v) is 7.58. The molecule has 1 aromatic heterocycles. The lowest BCUT2D eigenvalue weighted by atomic mass is 10.2. The highest BCUT2D eigenvalue weighted by Gasteiger charge is 2.09. The second-order valence-electron chi connectivity index (χ2n) is 5.19. The number of carbonyl (C=O) groups excluding carboxylic acids is 1. The minimum absolute atomic E-state index is 0.259. The molecule has 0 aliphatic rings. The van der Waals surface area contributed by atoms with Crippen LogP contribution in [0.1, 0.15) is 16.1 Å². The largest absolute Gasteiger partial charge is 0.459 e. The maximum Gasteiger partial charge on any atom is 0.287 e. The number of hydrogen-bond acceptors (Lipinski definition) is 3. The third kappa shape index (κ3) is 5.12. The first-order valence-electron chi connectivity index (χ1n) is 7.58. The van der Waals surface area contributed by atoms with Crippen molar-refractivity contribution in [2.24, 2.45) is 4.99 Å². The van der Waals surface area contributed by atoms with Crippen molar-refractivity contribution in [2.45, 2.75) is 6.54 Å². The van der Waals surface area contributed by atoms with Gasteiger partial charge < -0.3 is 20.0 Å². The van der Waals surface area contributed by atoms with Crippen molar-refractivity contribution in [2.75, 3.05) is 27.2 Å². The molecule has 2 aromatic rings. The van der Waals surface area contributed by atoms with Crippen LogP contribution in [0.25, 0.3) is 0 Å². The summed E-state index contributed by atoms with van der Waals surface area (Å²) in [5.74, 6) is 0.420. The van der Waals surface area contributed by atoms with E-state index in [1.807, 2.05) is 18.0 Å². The number of hydrogen-bond donors (Lipinski definition) is 2. The smallest absolute Gasteiger partial charge is 0.287 e. The summed E-state index contributed by atoms with van der Waals surface area (Å²) < 4.78 is 18.2. The van der Waals surface area contributed by atoms with Gasteiger partial charge in [-0.05, 0) is 29.8 Å². The zero-order valence-corrected chi connectivity index (χ0v) is 13.8. The number of rotatable bonds is 6. The summed E-state index contributed by atoms with van der Waals surface area (Å²) in [6.45, 7) is 1.45. The summed E-state index contributed by atoms with van der Waals surface area (Å²) in [5.41, 5.74) is 0.853. The highest BCUT2D eigenvalue weighted by molar-refractivity contribution is 5.91. The number of carbonyl (C=O) groups is 1. The van der Waals surface area contributed by atoms with Crippen molar-refractivity contribution in [3.8, 4) is 0 Å². The van der Waals surface area contributed by atoms with Gasteiger partial charge in [-0.25, -0.2) is 4.39 Å². The van der Waals surface area contributed by atoms with E-state index in [-0.39, 0.29) is 17.5 Å². The van der Waals surface area contributed by atoms with Crippen LogP contribution in [0, 0.1) is 5.82 Å². The van der Waals surface area contributed by atoms with E-state index in [4.69, 9.17) is 4.42 Å². The molecule has 24 heavy (non-hydrogen) atoms. The number of aliphatic imine (C=N–C) groups is 1. The molecule has 1 amide bonds. The molecule has 0 saturated heterocycles. The maximum atomic E-state index is 13.2. The van der Waals surface area contributed by atoms with Crippen molar-refractivity contribution in [3.05, 3.63) is 59.8 Å². The van der Waals surface area contributed by atoms with Crippen LogP contribution in [0.2, 0.25) is 0 Å². The number of halogens is 1. The van der Waals surface area contributed by atoms with Crippen LogP contribution in [0.5, 0.6) is 0 Å². The Morgan fingerprint density at radius 1 is 1.25 bits per heavy atom. The molecule has 0 spiro atoms. The Bertz CT molecular complexity index is 686. The predicted molar refractivity (Wildman–Crippen MR) is 90.3 cm³/mol. The van der Waals surface area contributed by atoms with Gasteiger partial charge in [-0.1, -0.05) is 12.1 Å². The summed E-state index contributed by atoms with van der Waals surface area (Å²) in [5, 5.41) is 5.88. The van der Waals surface area contributed by atoms with Crippen molar-refractivity contribution in [1.82, 2.24) is 15.5 Å². The Morgan fingerprint density at radius 2 is 2.04 bits per heavy atom. The van der Waals surface area contributed by atoms with Gasteiger partial charge >= 0.3 is 0 Å². The van der Waals surface area contributed by atoms with Gasteiger partial charge in [0.05, 0.1) is 6.26 Å². The van der Waals surface area contributed by atoms with Gasteiger partial charge in [-0.15, -0.1) is 0 Å². The average Bonchev–Trinajstić information content (AvgIpc) is 3.09. The van der Waals surface area contributed by atoms with Crippen LogP contribution >= 0.6 is 0 Å². The first-order chi connectivity index (χ1) is 11.6. The van der Waals surface area contributed by atoms with E-state index in [1.165, 1.54) is 18.4 Å². The van der Waals surface area contributed by atoms with Gasteiger partial charge in [0.15, 0.2) is 11.7 Å². The molecule has 1 heterocycles. The molecule has 0 saturated carbocycles. The SMILES string of the molecule is CN=C(NCCNC(=O)c1ccco1)N(C)Cc1cccc(F)c1. The van der Waals surface area contributed by atoms with E-state index in [9.17, 15) is 9.18 Å². The quantitative estimate of drug-likeness (QED) is 0.481. The molecule has 2 N–H and O–H groups in total. The summed E-state index contributed by atoms with van der Waals surface area (Å²) in [4.78, 5) is 17.8. The van der Waals surface area contributed by atoms with E-state index < -0.39 is 0 Å². The van der Waals surface area contributed by atoms with Gasteiger partial charge in [-0.2, -0.15) is 0 Å². The third-order valence-electron chi connectivity index (χ3n) is 3.32. The van der Waals surface area contributed by atoms with E-state index in [2.05, 4.69) is 15.6 Å². The molecular weight excluding hydrogens is 311 g/mol.